The summed E-state index contributed by atoms with van der Waals surface area (Å²) in [6, 6.07) is 7.08. The molecule has 2 N–H and O–H groups in total. The average Bonchev–Trinajstić information content (AvgIpc) is 2.57. The summed E-state index contributed by atoms with van der Waals surface area (Å²) >= 11 is 0. The molecule has 1 aromatic rings. The highest BCUT2D eigenvalue weighted by Crippen LogP contribution is 2.21. The molecule has 2 amide bonds. The number of rotatable bonds is 7. The summed E-state index contributed by atoms with van der Waals surface area (Å²) in [5.41, 5.74) is 1.04. The number of carbonyl (C=O) groups excluding carboxylic acids is 2. The zero-order valence-electron chi connectivity index (χ0n) is 14.5. The Morgan fingerprint density at radius 3 is 2.67 bits per heavy atom. The van der Waals surface area contributed by atoms with Crippen molar-refractivity contribution in [3.05, 3.63) is 29.8 Å². The fourth-order valence-corrected chi connectivity index (χ4v) is 2.88. The second kappa shape index (κ2) is 9.39. The second-order valence-electron chi connectivity index (χ2n) is 6.29. The lowest BCUT2D eigenvalue weighted by Crippen LogP contribution is -2.32. The molecule has 0 radical (unpaired) electrons. The SMILES string of the molecule is COCCNC(=O)c1ccccc1NC(=O)CC1CCN(C)CC1. The number of amides is 2. The van der Waals surface area contributed by atoms with Crippen molar-refractivity contribution in [1.82, 2.24) is 10.2 Å². The molecule has 1 saturated heterocycles. The van der Waals surface area contributed by atoms with Gasteiger partial charge >= 0.3 is 0 Å². The van der Waals surface area contributed by atoms with Crippen molar-refractivity contribution >= 4 is 17.5 Å². The Bertz CT molecular complexity index is 554. The molecule has 0 unspecified atom stereocenters. The molecule has 2 rings (SSSR count). The fourth-order valence-electron chi connectivity index (χ4n) is 2.88. The summed E-state index contributed by atoms with van der Waals surface area (Å²) in [7, 11) is 3.69. The van der Waals surface area contributed by atoms with E-state index >= 15 is 0 Å². The summed E-state index contributed by atoms with van der Waals surface area (Å²) < 4.78 is 4.93. The normalized spacial score (nSPS) is 15.9. The minimum absolute atomic E-state index is 0.0262. The van der Waals surface area contributed by atoms with E-state index in [9.17, 15) is 9.59 Å². The molecular formula is C18H27N3O3. The number of likely N-dealkylation sites (tertiary alicyclic amines) is 1. The second-order valence-corrected chi connectivity index (χ2v) is 6.29. The molecule has 1 aliphatic rings. The molecule has 0 atom stereocenters. The molecule has 132 valence electrons. The van der Waals surface area contributed by atoms with Crippen LogP contribution in [-0.4, -0.2) is 57.1 Å². The Balaban J connectivity index is 1.91. The van der Waals surface area contributed by atoms with Gasteiger partial charge in [-0.1, -0.05) is 12.1 Å². The van der Waals surface area contributed by atoms with Gasteiger partial charge in [0.05, 0.1) is 17.9 Å². The molecule has 1 aliphatic heterocycles. The van der Waals surface area contributed by atoms with E-state index in [0.29, 0.717) is 36.7 Å². The lowest BCUT2D eigenvalue weighted by molar-refractivity contribution is -0.117. The Hall–Kier alpha value is -1.92. The van der Waals surface area contributed by atoms with Crippen LogP contribution in [0, 0.1) is 5.92 Å². The van der Waals surface area contributed by atoms with Gasteiger partial charge in [0.15, 0.2) is 0 Å². The van der Waals surface area contributed by atoms with Crippen molar-refractivity contribution in [3.8, 4) is 0 Å². The van der Waals surface area contributed by atoms with Gasteiger partial charge in [0.25, 0.3) is 5.91 Å². The maximum absolute atomic E-state index is 12.3. The van der Waals surface area contributed by atoms with Gasteiger partial charge in [0.2, 0.25) is 5.91 Å². The molecule has 0 aliphatic carbocycles. The molecule has 0 aromatic heterocycles. The summed E-state index contributed by atoms with van der Waals surface area (Å²) in [6.45, 7) is 2.97. The van der Waals surface area contributed by atoms with Crippen LogP contribution >= 0.6 is 0 Å². The Labute approximate surface area is 143 Å². The summed E-state index contributed by atoms with van der Waals surface area (Å²) in [5, 5.41) is 5.67. The lowest BCUT2D eigenvalue weighted by Gasteiger charge is -2.28. The monoisotopic (exact) mass is 333 g/mol. The largest absolute Gasteiger partial charge is 0.383 e. The van der Waals surface area contributed by atoms with E-state index in [-0.39, 0.29) is 11.8 Å². The molecule has 6 nitrogen and oxygen atoms in total. The molecule has 1 fully saturated rings. The third-order valence-electron chi connectivity index (χ3n) is 4.35. The first-order valence-corrected chi connectivity index (χ1v) is 8.44. The molecular weight excluding hydrogens is 306 g/mol. The Morgan fingerprint density at radius 1 is 1.25 bits per heavy atom. The standard InChI is InChI=1S/C18H27N3O3/c1-21-10-7-14(8-11-21)13-17(22)20-16-6-4-3-5-15(16)18(23)19-9-12-24-2/h3-6,14H,7-13H2,1-2H3,(H,19,23)(H,20,22). The van der Waals surface area contributed by atoms with E-state index < -0.39 is 0 Å². The first-order chi connectivity index (χ1) is 11.6. The maximum atomic E-state index is 12.3. The van der Waals surface area contributed by atoms with Crippen LogP contribution in [0.2, 0.25) is 0 Å². The van der Waals surface area contributed by atoms with Gasteiger partial charge in [-0.25, -0.2) is 0 Å². The lowest BCUT2D eigenvalue weighted by atomic mass is 9.93. The number of piperidine rings is 1. The molecule has 1 heterocycles. The van der Waals surface area contributed by atoms with Crippen molar-refractivity contribution in [2.75, 3.05) is 45.7 Å². The maximum Gasteiger partial charge on any atom is 0.253 e. The molecule has 0 spiro atoms. The third kappa shape index (κ3) is 5.62. The number of para-hydroxylation sites is 1. The van der Waals surface area contributed by atoms with Crippen molar-refractivity contribution < 1.29 is 14.3 Å². The predicted octanol–water partition coefficient (Wildman–Crippen LogP) is 1.73. The van der Waals surface area contributed by atoms with Crippen LogP contribution in [0.3, 0.4) is 0 Å². The summed E-state index contributed by atoms with van der Waals surface area (Å²) in [5.74, 6) is 0.188. The van der Waals surface area contributed by atoms with Gasteiger partial charge in [-0.05, 0) is 51.0 Å². The van der Waals surface area contributed by atoms with Crippen LogP contribution in [0.5, 0.6) is 0 Å². The number of carbonyl (C=O) groups is 2. The number of methoxy groups -OCH3 is 1. The van der Waals surface area contributed by atoms with Gasteiger partial charge in [0.1, 0.15) is 0 Å². The topological polar surface area (TPSA) is 70.7 Å². The van der Waals surface area contributed by atoms with E-state index in [2.05, 4.69) is 22.6 Å². The Kier molecular flexibility index (Phi) is 7.21. The summed E-state index contributed by atoms with van der Waals surface area (Å²) in [4.78, 5) is 26.8. The molecule has 0 saturated carbocycles. The van der Waals surface area contributed by atoms with E-state index in [1.807, 2.05) is 6.07 Å². The van der Waals surface area contributed by atoms with Crippen LogP contribution in [0.25, 0.3) is 0 Å². The van der Waals surface area contributed by atoms with Crippen LogP contribution < -0.4 is 10.6 Å². The van der Waals surface area contributed by atoms with E-state index in [1.54, 1.807) is 25.3 Å². The highest BCUT2D eigenvalue weighted by Gasteiger charge is 2.20. The number of benzene rings is 1. The number of ether oxygens (including phenoxy) is 1. The smallest absolute Gasteiger partial charge is 0.253 e. The van der Waals surface area contributed by atoms with Gasteiger partial charge in [0, 0.05) is 20.1 Å². The number of hydrogen-bond donors (Lipinski definition) is 2. The quantitative estimate of drug-likeness (QED) is 0.746. The zero-order valence-corrected chi connectivity index (χ0v) is 14.5. The van der Waals surface area contributed by atoms with Crippen LogP contribution in [0.4, 0.5) is 5.69 Å². The molecule has 1 aromatic carbocycles. The Morgan fingerprint density at radius 2 is 1.96 bits per heavy atom. The van der Waals surface area contributed by atoms with E-state index in [1.165, 1.54) is 0 Å². The highest BCUT2D eigenvalue weighted by molar-refractivity contribution is 6.03. The number of nitrogens with zero attached hydrogens (tertiary/aromatic N) is 1. The van der Waals surface area contributed by atoms with Gasteiger partial charge < -0.3 is 20.3 Å². The van der Waals surface area contributed by atoms with Crippen molar-refractivity contribution in [2.45, 2.75) is 19.3 Å². The minimum Gasteiger partial charge on any atom is -0.383 e. The molecule has 24 heavy (non-hydrogen) atoms. The summed E-state index contributed by atoms with van der Waals surface area (Å²) in [6.07, 6.45) is 2.60. The number of nitrogens with one attached hydrogen (secondary N) is 2. The van der Waals surface area contributed by atoms with E-state index in [0.717, 1.165) is 25.9 Å². The number of anilines is 1. The van der Waals surface area contributed by atoms with Crippen LogP contribution in [0.15, 0.2) is 24.3 Å². The first-order valence-electron chi connectivity index (χ1n) is 8.44. The van der Waals surface area contributed by atoms with Crippen molar-refractivity contribution in [2.24, 2.45) is 5.92 Å². The van der Waals surface area contributed by atoms with Gasteiger partial charge in [-0.3, -0.25) is 9.59 Å². The van der Waals surface area contributed by atoms with Crippen LogP contribution in [-0.2, 0) is 9.53 Å². The molecule has 0 bridgehead atoms. The average molecular weight is 333 g/mol. The minimum atomic E-state index is -0.206. The van der Waals surface area contributed by atoms with E-state index in [4.69, 9.17) is 4.74 Å². The fraction of sp³-hybridized carbons (Fsp3) is 0.556. The van der Waals surface area contributed by atoms with Gasteiger partial charge in [-0.2, -0.15) is 0 Å². The van der Waals surface area contributed by atoms with Gasteiger partial charge in [-0.15, -0.1) is 0 Å². The molecule has 6 heteroatoms. The van der Waals surface area contributed by atoms with Crippen molar-refractivity contribution in [1.29, 1.82) is 0 Å². The predicted molar refractivity (Wildman–Crippen MR) is 94.1 cm³/mol. The zero-order chi connectivity index (χ0) is 17.4. The van der Waals surface area contributed by atoms with Crippen molar-refractivity contribution in [3.63, 3.8) is 0 Å². The third-order valence-corrected chi connectivity index (χ3v) is 4.35. The van der Waals surface area contributed by atoms with Crippen LogP contribution in [0.1, 0.15) is 29.6 Å². The first kappa shape index (κ1) is 18.4. The highest BCUT2D eigenvalue weighted by atomic mass is 16.5. The number of hydrogen-bond acceptors (Lipinski definition) is 4.